The molecule has 0 unspecified atom stereocenters. The van der Waals surface area contributed by atoms with Crippen molar-refractivity contribution >= 4 is 17.2 Å². The number of carbonyl (C=O) groups is 1. The second-order valence-corrected chi connectivity index (χ2v) is 5.13. The Morgan fingerprint density at radius 2 is 1.86 bits per heavy atom. The molecule has 0 saturated carbocycles. The van der Waals surface area contributed by atoms with E-state index in [9.17, 15) is 9.59 Å². The predicted molar refractivity (Wildman–Crippen MR) is 82.2 cm³/mol. The first-order chi connectivity index (χ1) is 10.6. The molecule has 6 nitrogen and oxygen atoms in total. The minimum atomic E-state index is -0.465. The van der Waals surface area contributed by atoms with Crippen molar-refractivity contribution in [2.24, 2.45) is 0 Å². The molecule has 22 heavy (non-hydrogen) atoms. The van der Waals surface area contributed by atoms with Crippen LogP contribution in [0, 0.1) is 0 Å². The van der Waals surface area contributed by atoms with Crippen LogP contribution in [0.4, 0.5) is 5.69 Å². The van der Waals surface area contributed by atoms with Gasteiger partial charge in [0.15, 0.2) is 5.76 Å². The number of allylic oxidation sites excluding steroid dienone is 1. The maximum Gasteiger partial charge on any atom is 0.424 e. The Kier molecular flexibility index (Phi) is 3.68. The fourth-order valence-electron chi connectivity index (χ4n) is 2.30. The topological polar surface area (TPSA) is 64.7 Å². The van der Waals surface area contributed by atoms with Gasteiger partial charge in [-0.05, 0) is 36.8 Å². The first-order valence-corrected chi connectivity index (χ1v) is 6.93. The average Bonchev–Trinajstić information content (AvgIpc) is 2.90. The quantitative estimate of drug-likeness (QED) is 0.867. The van der Waals surface area contributed by atoms with Crippen LogP contribution >= 0.6 is 0 Å². The van der Waals surface area contributed by atoms with Gasteiger partial charge in [0.1, 0.15) is 6.61 Å². The third-order valence-corrected chi connectivity index (χ3v) is 3.49. The van der Waals surface area contributed by atoms with Crippen LogP contribution in [0.15, 0.2) is 46.3 Å². The molecule has 0 spiro atoms. The van der Waals surface area contributed by atoms with Crippen molar-refractivity contribution in [3.05, 3.63) is 53.4 Å². The normalized spacial score (nSPS) is 15.1. The number of carbonyl (C=O) groups excluding carboxylic acids is 1. The predicted octanol–water partition coefficient (Wildman–Crippen LogP) is 1.83. The summed E-state index contributed by atoms with van der Waals surface area (Å²) >= 11 is 0. The van der Waals surface area contributed by atoms with E-state index in [1.54, 1.807) is 42.3 Å². The summed E-state index contributed by atoms with van der Waals surface area (Å²) in [6.45, 7) is 6.69. The molecule has 1 aromatic heterocycles. The summed E-state index contributed by atoms with van der Waals surface area (Å²) in [6, 6.07) is 7.16. The number of morpholine rings is 1. The second kappa shape index (κ2) is 5.65. The number of benzene rings is 1. The summed E-state index contributed by atoms with van der Waals surface area (Å²) in [7, 11) is 0. The van der Waals surface area contributed by atoms with E-state index in [-0.39, 0.29) is 12.5 Å². The molecular weight excluding hydrogens is 284 g/mol. The number of ether oxygens (including phenoxy) is 1. The fraction of sp³-hybridized carbons (Fsp3) is 0.250. The van der Waals surface area contributed by atoms with Gasteiger partial charge in [-0.3, -0.25) is 4.79 Å². The van der Waals surface area contributed by atoms with Crippen LogP contribution in [0.1, 0.15) is 12.7 Å². The lowest BCUT2D eigenvalue weighted by Gasteiger charge is -2.26. The zero-order valence-electron chi connectivity index (χ0n) is 12.2. The minimum absolute atomic E-state index is 0.0657. The fourth-order valence-corrected chi connectivity index (χ4v) is 2.30. The third kappa shape index (κ3) is 2.60. The third-order valence-electron chi connectivity index (χ3n) is 3.49. The Labute approximate surface area is 127 Å². The highest BCUT2D eigenvalue weighted by Crippen LogP contribution is 2.19. The molecule has 0 bridgehead atoms. The highest BCUT2D eigenvalue weighted by Gasteiger charge is 2.20. The van der Waals surface area contributed by atoms with E-state index in [4.69, 9.17) is 9.15 Å². The summed E-state index contributed by atoms with van der Waals surface area (Å²) in [5.74, 6) is -0.0744. The van der Waals surface area contributed by atoms with Crippen molar-refractivity contribution in [2.75, 3.05) is 24.7 Å². The molecule has 3 rings (SSSR count). The highest BCUT2D eigenvalue weighted by atomic mass is 16.5. The van der Waals surface area contributed by atoms with Crippen molar-refractivity contribution in [3.63, 3.8) is 0 Å². The van der Waals surface area contributed by atoms with Crippen LogP contribution in [-0.4, -0.2) is 30.2 Å². The lowest BCUT2D eigenvalue weighted by atomic mass is 10.2. The van der Waals surface area contributed by atoms with Crippen molar-refractivity contribution in [2.45, 2.75) is 6.92 Å². The van der Waals surface area contributed by atoms with E-state index in [1.807, 2.05) is 0 Å². The molecule has 1 aromatic carbocycles. The van der Waals surface area contributed by atoms with Gasteiger partial charge in [-0.15, -0.1) is 0 Å². The van der Waals surface area contributed by atoms with Gasteiger partial charge in [-0.1, -0.05) is 6.58 Å². The standard InChI is InChI=1S/C16H16N2O4/c1-11(2)14-9-18(16(20)22-14)13-5-3-12(4-6-13)17-7-8-21-10-15(17)19/h3-6,9H,1,7-8,10H2,2H3. The van der Waals surface area contributed by atoms with Crippen molar-refractivity contribution in [1.29, 1.82) is 0 Å². The molecule has 1 saturated heterocycles. The molecule has 1 aliphatic heterocycles. The number of aromatic nitrogens is 1. The van der Waals surface area contributed by atoms with Crippen LogP contribution in [0.5, 0.6) is 0 Å². The summed E-state index contributed by atoms with van der Waals surface area (Å²) in [4.78, 5) is 25.3. The van der Waals surface area contributed by atoms with Gasteiger partial charge in [0.25, 0.3) is 5.91 Å². The lowest BCUT2D eigenvalue weighted by molar-refractivity contribution is -0.125. The number of oxazole rings is 1. The van der Waals surface area contributed by atoms with Gasteiger partial charge in [0.2, 0.25) is 0 Å². The molecule has 0 aliphatic carbocycles. The smallest absolute Gasteiger partial charge is 0.408 e. The van der Waals surface area contributed by atoms with E-state index in [2.05, 4.69) is 6.58 Å². The molecular formula is C16H16N2O4. The number of amides is 1. The highest BCUT2D eigenvalue weighted by molar-refractivity contribution is 5.94. The SMILES string of the molecule is C=C(C)c1cn(-c2ccc(N3CCOCC3=O)cc2)c(=O)o1. The van der Waals surface area contributed by atoms with Gasteiger partial charge >= 0.3 is 5.76 Å². The molecule has 6 heteroatoms. The molecule has 0 radical (unpaired) electrons. The summed E-state index contributed by atoms with van der Waals surface area (Å²) in [5.41, 5.74) is 2.14. The Morgan fingerprint density at radius 1 is 1.18 bits per heavy atom. The van der Waals surface area contributed by atoms with E-state index >= 15 is 0 Å². The van der Waals surface area contributed by atoms with Crippen molar-refractivity contribution < 1.29 is 13.9 Å². The zero-order chi connectivity index (χ0) is 15.7. The Balaban J connectivity index is 1.90. The van der Waals surface area contributed by atoms with Gasteiger partial charge in [0.05, 0.1) is 18.5 Å². The summed E-state index contributed by atoms with van der Waals surface area (Å²) < 4.78 is 11.6. The van der Waals surface area contributed by atoms with Gasteiger partial charge < -0.3 is 14.1 Å². The zero-order valence-corrected chi connectivity index (χ0v) is 12.2. The molecule has 0 N–H and O–H groups in total. The van der Waals surface area contributed by atoms with E-state index in [0.717, 1.165) is 5.69 Å². The van der Waals surface area contributed by atoms with E-state index in [0.29, 0.717) is 30.2 Å². The van der Waals surface area contributed by atoms with Gasteiger partial charge in [-0.2, -0.15) is 0 Å². The first kappa shape index (κ1) is 14.3. The van der Waals surface area contributed by atoms with Crippen LogP contribution in [0.3, 0.4) is 0 Å². The van der Waals surface area contributed by atoms with Gasteiger partial charge in [0, 0.05) is 12.2 Å². The number of hydrogen-bond donors (Lipinski definition) is 0. The van der Waals surface area contributed by atoms with Crippen LogP contribution < -0.4 is 10.7 Å². The Morgan fingerprint density at radius 3 is 2.45 bits per heavy atom. The molecule has 1 fully saturated rings. The largest absolute Gasteiger partial charge is 0.424 e. The Bertz CT molecular complexity index is 770. The van der Waals surface area contributed by atoms with Crippen LogP contribution in [0.25, 0.3) is 11.3 Å². The van der Waals surface area contributed by atoms with Crippen molar-refractivity contribution in [3.8, 4) is 5.69 Å². The first-order valence-electron chi connectivity index (χ1n) is 6.93. The summed E-state index contributed by atoms with van der Waals surface area (Å²) in [6.07, 6.45) is 1.61. The van der Waals surface area contributed by atoms with Crippen LogP contribution in [-0.2, 0) is 9.53 Å². The minimum Gasteiger partial charge on any atom is -0.408 e. The molecule has 2 heterocycles. The maximum absolute atomic E-state index is 11.9. The number of nitrogens with zero attached hydrogens (tertiary/aromatic N) is 2. The molecule has 0 atom stereocenters. The molecule has 2 aromatic rings. The number of hydrogen-bond acceptors (Lipinski definition) is 4. The average molecular weight is 300 g/mol. The molecule has 114 valence electrons. The van der Waals surface area contributed by atoms with Crippen LogP contribution in [0.2, 0.25) is 0 Å². The lowest BCUT2D eigenvalue weighted by Crippen LogP contribution is -2.41. The maximum atomic E-state index is 11.9. The van der Waals surface area contributed by atoms with Crippen molar-refractivity contribution in [1.82, 2.24) is 4.57 Å². The molecule has 1 aliphatic rings. The monoisotopic (exact) mass is 300 g/mol. The number of rotatable bonds is 3. The van der Waals surface area contributed by atoms with Gasteiger partial charge in [-0.25, -0.2) is 9.36 Å². The van der Waals surface area contributed by atoms with E-state index < -0.39 is 5.76 Å². The Hall–Kier alpha value is -2.60. The molecule has 1 amide bonds. The van der Waals surface area contributed by atoms with E-state index in [1.165, 1.54) is 4.57 Å². The summed E-state index contributed by atoms with van der Waals surface area (Å²) in [5, 5.41) is 0. The second-order valence-electron chi connectivity index (χ2n) is 5.13. The number of anilines is 1.